The van der Waals surface area contributed by atoms with Gasteiger partial charge in [0.05, 0.1) is 0 Å². The van der Waals surface area contributed by atoms with Crippen LogP contribution < -0.4 is 5.32 Å². The normalized spacial score (nSPS) is 30.5. The summed E-state index contributed by atoms with van der Waals surface area (Å²) in [5.74, 6) is 0. The number of allylic oxidation sites excluding steroid dienone is 1. The molecule has 2 rings (SSSR count). The molecule has 1 fully saturated rings. The highest BCUT2D eigenvalue weighted by molar-refractivity contribution is 6.32. The Kier molecular flexibility index (Phi) is 1.96. The standard InChI is InChI=1S/C8H11ClN2/c9-6-4-8(11-5-6)7-2-1-3-10-7/h5,7,10H,1-4H2/t7-/m0/s1. The summed E-state index contributed by atoms with van der Waals surface area (Å²) in [6.07, 6.45) is 5.11. The number of nitrogens with zero attached hydrogens (tertiary/aromatic N) is 1. The maximum Gasteiger partial charge on any atom is 0.0459 e. The highest BCUT2D eigenvalue weighted by Gasteiger charge is 2.22. The average Bonchev–Trinajstić information content (AvgIpc) is 2.55. The molecule has 2 nitrogen and oxygen atoms in total. The van der Waals surface area contributed by atoms with Gasteiger partial charge in [0.25, 0.3) is 0 Å². The molecule has 1 N–H and O–H groups in total. The summed E-state index contributed by atoms with van der Waals surface area (Å²) >= 11 is 5.80. The van der Waals surface area contributed by atoms with Gasteiger partial charge in [0.15, 0.2) is 0 Å². The van der Waals surface area contributed by atoms with E-state index in [1.807, 2.05) is 0 Å². The minimum atomic E-state index is 0.502. The molecule has 0 aliphatic carbocycles. The first kappa shape index (κ1) is 7.32. The Morgan fingerprint density at radius 1 is 1.64 bits per heavy atom. The third-order valence-electron chi connectivity index (χ3n) is 2.18. The maximum atomic E-state index is 5.80. The van der Waals surface area contributed by atoms with E-state index in [0.29, 0.717) is 6.04 Å². The van der Waals surface area contributed by atoms with E-state index < -0.39 is 0 Å². The summed E-state index contributed by atoms with van der Waals surface area (Å²) in [6, 6.07) is 0.502. The highest BCUT2D eigenvalue weighted by Crippen LogP contribution is 2.20. The number of nitrogens with one attached hydrogen (secondary N) is 1. The number of aliphatic imine (C=N–C) groups is 1. The predicted octanol–water partition coefficient (Wildman–Crippen LogP) is 1.66. The zero-order chi connectivity index (χ0) is 7.68. The Morgan fingerprint density at radius 3 is 3.09 bits per heavy atom. The van der Waals surface area contributed by atoms with Crippen LogP contribution in [0, 0.1) is 0 Å². The molecule has 11 heavy (non-hydrogen) atoms. The van der Waals surface area contributed by atoms with Crippen molar-refractivity contribution in [2.75, 3.05) is 6.54 Å². The van der Waals surface area contributed by atoms with Crippen molar-refractivity contribution in [1.82, 2.24) is 5.32 Å². The molecule has 2 heterocycles. The van der Waals surface area contributed by atoms with Crippen LogP contribution >= 0.6 is 11.6 Å². The van der Waals surface area contributed by atoms with Crippen molar-refractivity contribution in [3.8, 4) is 0 Å². The van der Waals surface area contributed by atoms with E-state index in [9.17, 15) is 0 Å². The molecule has 0 spiro atoms. The molecule has 1 atom stereocenters. The van der Waals surface area contributed by atoms with Gasteiger partial charge >= 0.3 is 0 Å². The van der Waals surface area contributed by atoms with E-state index in [1.165, 1.54) is 18.6 Å². The fraction of sp³-hybridized carbons (Fsp3) is 0.625. The van der Waals surface area contributed by atoms with Crippen molar-refractivity contribution in [2.24, 2.45) is 4.99 Å². The molecular formula is C8H11ClN2. The number of halogens is 1. The molecule has 0 unspecified atom stereocenters. The molecule has 3 heteroatoms. The van der Waals surface area contributed by atoms with Crippen LogP contribution in [0.25, 0.3) is 0 Å². The second-order valence-corrected chi connectivity index (χ2v) is 3.51. The topological polar surface area (TPSA) is 24.4 Å². The van der Waals surface area contributed by atoms with E-state index in [2.05, 4.69) is 10.3 Å². The summed E-state index contributed by atoms with van der Waals surface area (Å²) in [5.41, 5.74) is 1.22. The maximum absolute atomic E-state index is 5.80. The molecule has 0 aromatic rings. The van der Waals surface area contributed by atoms with Crippen LogP contribution in [0.3, 0.4) is 0 Å². The van der Waals surface area contributed by atoms with Crippen molar-refractivity contribution < 1.29 is 0 Å². The van der Waals surface area contributed by atoms with Gasteiger partial charge in [-0.05, 0) is 19.4 Å². The van der Waals surface area contributed by atoms with Gasteiger partial charge in [-0.1, -0.05) is 11.6 Å². The highest BCUT2D eigenvalue weighted by atomic mass is 35.5. The smallest absolute Gasteiger partial charge is 0.0459 e. The lowest BCUT2D eigenvalue weighted by molar-refractivity contribution is 0.755. The van der Waals surface area contributed by atoms with E-state index in [4.69, 9.17) is 11.6 Å². The van der Waals surface area contributed by atoms with Crippen LogP contribution in [-0.4, -0.2) is 18.3 Å². The molecule has 0 aromatic heterocycles. The van der Waals surface area contributed by atoms with Crippen LogP contribution in [0.4, 0.5) is 0 Å². The first-order valence-corrected chi connectivity index (χ1v) is 4.38. The minimum absolute atomic E-state index is 0.502. The Balaban J connectivity index is 1.98. The number of hydrogen-bond acceptors (Lipinski definition) is 2. The zero-order valence-electron chi connectivity index (χ0n) is 6.31. The van der Waals surface area contributed by atoms with E-state index in [1.54, 1.807) is 6.20 Å². The largest absolute Gasteiger partial charge is 0.309 e. The molecule has 0 saturated carbocycles. The van der Waals surface area contributed by atoms with Crippen molar-refractivity contribution in [3.63, 3.8) is 0 Å². The molecule has 0 aromatic carbocycles. The summed E-state index contributed by atoms with van der Waals surface area (Å²) in [5, 5.41) is 4.27. The second kappa shape index (κ2) is 2.95. The molecule has 2 aliphatic rings. The summed E-state index contributed by atoms with van der Waals surface area (Å²) in [6.45, 7) is 1.13. The van der Waals surface area contributed by atoms with Crippen molar-refractivity contribution in [2.45, 2.75) is 25.3 Å². The number of hydrogen-bond donors (Lipinski definition) is 1. The van der Waals surface area contributed by atoms with Gasteiger partial charge in [-0.2, -0.15) is 0 Å². The van der Waals surface area contributed by atoms with E-state index in [-0.39, 0.29) is 0 Å². The molecule has 0 bridgehead atoms. The van der Waals surface area contributed by atoms with Crippen molar-refractivity contribution in [3.05, 3.63) is 11.2 Å². The van der Waals surface area contributed by atoms with Crippen LogP contribution in [-0.2, 0) is 0 Å². The molecular weight excluding hydrogens is 160 g/mol. The lowest BCUT2D eigenvalue weighted by Crippen LogP contribution is -2.29. The van der Waals surface area contributed by atoms with Crippen LogP contribution in [0.1, 0.15) is 19.3 Å². The lowest BCUT2D eigenvalue weighted by atomic mass is 10.1. The van der Waals surface area contributed by atoms with Crippen LogP contribution in [0.5, 0.6) is 0 Å². The Hall–Kier alpha value is -0.340. The SMILES string of the molecule is ClC1=CN=C([C@@H]2CCCN2)C1. The van der Waals surface area contributed by atoms with Gasteiger partial charge in [0, 0.05) is 29.4 Å². The van der Waals surface area contributed by atoms with Crippen LogP contribution in [0.2, 0.25) is 0 Å². The average molecular weight is 171 g/mol. The minimum Gasteiger partial charge on any atom is -0.309 e. The van der Waals surface area contributed by atoms with Gasteiger partial charge in [0.2, 0.25) is 0 Å². The van der Waals surface area contributed by atoms with Gasteiger partial charge in [0.1, 0.15) is 0 Å². The molecule has 60 valence electrons. The van der Waals surface area contributed by atoms with Crippen molar-refractivity contribution >= 4 is 17.3 Å². The van der Waals surface area contributed by atoms with Crippen molar-refractivity contribution in [1.29, 1.82) is 0 Å². The fourth-order valence-corrected chi connectivity index (χ4v) is 1.79. The van der Waals surface area contributed by atoms with E-state index in [0.717, 1.165) is 18.0 Å². The van der Waals surface area contributed by atoms with E-state index >= 15 is 0 Å². The summed E-state index contributed by atoms with van der Waals surface area (Å²) < 4.78 is 0. The Labute approximate surface area is 71.3 Å². The predicted molar refractivity (Wildman–Crippen MR) is 47.0 cm³/mol. The second-order valence-electron chi connectivity index (χ2n) is 3.02. The number of rotatable bonds is 1. The summed E-state index contributed by atoms with van der Waals surface area (Å²) in [7, 11) is 0. The zero-order valence-corrected chi connectivity index (χ0v) is 7.06. The Bertz CT molecular complexity index is 214. The molecule has 0 radical (unpaired) electrons. The molecule has 1 saturated heterocycles. The summed E-state index contributed by atoms with van der Waals surface area (Å²) in [4.78, 5) is 4.26. The third kappa shape index (κ3) is 1.47. The van der Waals surface area contributed by atoms with Gasteiger partial charge in [-0.3, -0.25) is 4.99 Å². The monoisotopic (exact) mass is 170 g/mol. The Morgan fingerprint density at radius 2 is 2.55 bits per heavy atom. The first-order valence-electron chi connectivity index (χ1n) is 4.01. The molecule has 2 aliphatic heterocycles. The van der Waals surface area contributed by atoms with Gasteiger partial charge < -0.3 is 5.32 Å². The van der Waals surface area contributed by atoms with Crippen LogP contribution in [0.15, 0.2) is 16.2 Å². The first-order chi connectivity index (χ1) is 5.36. The lowest BCUT2D eigenvalue weighted by Gasteiger charge is -2.08. The van der Waals surface area contributed by atoms with Gasteiger partial charge in [-0.15, -0.1) is 0 Å². The quantitative estimate of drug-likeness (QED) is 0.636. The third-order valence-corrected chi connectivity index (χ3v) is 2.41. The molecule has 0 amide bonds. The van der Waals surface area contributed by atoms with Gasteiger partial charge in [-0.25, -0.2) is 0 Å². The fourth-order valence-electron chi connectivity index (χ4n) is 1.60.